The Kier molecular flexibility index (Phi) is 7.65. The minimum absolute atomic E-state index is 0.0437. The van der Waals surface area contributed by atoms with Gasteiger partial charge in [0.05, 0.1) is 12.5 Å². The average molecular weight is 468 g/mol. The number of amides is 1. The van der Waals surface area contributed by atoms with Crippen LogP contribution in [0.15, 0.2) is 36.4 Å². The van der Waals surface area contributed by atoms with Gasteiger partial charge in [-0.25, -0.2) is 0 Å². The van der Waals surface area contributed by atoms with E-state index in [-0.39, 0.29) is 11.8 Å². The second-order valence-electron chi connectivity index (χ2n) is 8.67. The van der Waals surface area contributed by atoms with Gasteiger partial charge in [-0.3, -0.25) is 9.36 Å². The third kappa shape index (κ3) is 5.74. The summed E-state index contributed by atoms with van der Waals surface area (Å²) in [5, 5.41) is 13.7. The van der Waals surface area contributed by atoms with Crippen LogP contribution in [0.5, 0.6) is 5.75 Å². The van der Waals surface area contributed by atoms with E-state index in [1.807, 2.05) is 24.3 Å². The van der Waals surface area contributed by atoms with Crippen LogP contribution in [0.1, 0.15) is 49.6 Å². The molecule has 3 aromatic rings. The van der Waals surface area contributed by atoms with Gasteiger partial charge in [-0.05, 0) is 62.9 Å². The maximum absolute atomic E-state index is 12.9. The van der Waals surface area contributed by atoms with Crippen LogP contribution >= 0.6 is 11.3 Å². The van der Waals surface area contributed by atoms with Crippen molar-refractivity contribution in [3.05, 3.63) is 53.3 Å². The van der Waals surface area contributed by atoms with E-state index >= 15 is 0 Å². The standard InChI is InChI=1S/C25H33N5O2S/c1-4-5-15-32-22-12-10-20(11-13-22)16-26-23(31)21-7-6-14-29(17-21)24-27-28-25(33-24)30-18(2)8-9-19(30)3/h8-13,21H,4-7,14-17H2,1-3H3,(H,26,31)/t21-/m1/s1. The molecule has 1 amide bonds. The Morgan fingerprint density at radius 2 is 1.85 bits per heavy atom. The first kappa shape index (κ1) is 23.3. The maximum atomic E-state index is 12.9. The number of nitrogens with zero attached hydrogens (tertiary/aromatic N) is 4. The predicted molar refractivity (Wildman–Crippen MR) is 132 cm³/mol. The quantitative estimate of drug-likeness (QED) is 0.464. The highest BCUT2D eigenvalue weighted by atomic mass is 32.1. The number of ether oxygens (including phenoxy) is 1. The number of rotatable bonds is 9. The van der Waals surface area contributed by atoms with Gasteiger partial charge in [0.2, 0.25) is 16.2 Å². The van der Waals surface area contributed by atoms with Crippen LogP contribution in [0.25, 0.3) is 5.13 Å². The van der Waals surface area contributed by atoms with Crippen LogP contribution in [0.2, 0.25) is 0 Å². The molecule has 1 aliphatic heterocycles. The molecule has 8 heteroatoms. The monoisotopic (exact) mass is 467 g/mol. The Hall–Kier alpha value is -2.87. The molecular formula is C25H33N5O2S. The van der Waals surface area contributed by atoms with Gasteiger partial charge in [-0.15, -0.1) is 10.2 Å². The molecule has 33 heavy (non-hydrogen) atoms. The van der Waals surface area contributed by atoms with Crippen molar-refractivity contribution < 1.29 is 9.53 Å². The summed E-state index contributed by atoms with van der Waals surface area (Å²) in [6.45, 7) is 9.14. The Balaban J connectivity index is 1.31. The lowest BCUT2D eigenvalue weighted by Crippen LogP contribution is -2.43. The number of nitrogens with one attached hydrogen (secondary N) is 1. The van der Waals surface area contributed by atoms with Gasteiger partial charge in [-0.2, -0.15) is 0 Å². The maximum Gasteiger partial charge on any atom is 0.225 e. The Morgan fingerprint density at radius 3 is 2.58 bits per heavy atom. The first-order valence-electron chi connectivity index (χ1n) is 11.8. The van der Waals surface area contributed by atoms with E-state index in [0.717, 1.165) is 71.8 Å². The number of hydrogen-bond donors (Lipinski definition) is 1. The Bertz CT molecular complexity index is 1040. The smallest absolute Gasteiger partial charge is 0.225 e. The molecule has 0 bridgehead atoms. The van der Waals surface area contributed by atoms with Gasteiger partial charge < -0.3 is 15.0 Å². The molecule has 1 atom stereocenters. The van der Waals surface area contributed by atoms with Gasteiger partial charge in [0.25, 0.3) is 0 Å². The summed E-state index contributed by atoms with van der Waals surface area (Å²) < 4.78 is 7.83. The minimum Gasteiger partial charge on any atom is -0.494 e. The molecule has 2 aromatic heterocycles. The molecule has 1 aromatic carbocycles. The number of anilines is 1. The van der Waals surface area contributed by atoms with E-state index in [4.69, 9.17) is 4.74 Å². The molecule has 4 rings (SSSR count). The van der Waals surface area contributed by atoms with Gasteiger partial charge in [0.1, 0.15) is 5.75 Å². The number of carbonyl (C=O) groups excluding carboxylic acids is 1. The van der Waals surface area contributed by atoms with Crippen LogP contribution in [-0.4, -0.2) is 40.4 Å². The molecule has 1 N–H and O–H groups in total. The number of aromatic nitrogens is 3. The number of hydrogen-bond acceptors (Lipinski definition) is 6. The van der Waals surface area contributed by atoms with Crippen molar-refractivity contribution in [2.45, 2.75) is 53.0 Å². The molecule has 0 aliphatic carbocycles. The summed E-state index contributed by atoms with van der Waals surface area (Å²) in [4.78, 5) is 15.1. The van der Waals surface area contributed by atoms with Crippen molar-refractivity contribution in [1.82, 2.24) is 20.1 Å². The summed E-state index contributed by atoms with van der Waals surface area (Å²) in [7, 11) is 0. The van der Waals surface area contributed by atoms with Gasteiger partial charge in [0.15, 0.2) is 0 Å². The third-order valence-corrected chi connectivity index (χ3v) is 7.05. The summed E-state index contributed by atoms with van der Waals surface area (Å²) in [6.07, 6.45) is 4.04. The van der Waals surface area contributed by atoms with Crippen LogP contribution in [-0.2, 0) is 11.3 Å². The van der Waals surface area contributed by atoms with Crippen LogP contribution in [0.4, 0.5) is 5.13 Å². The highest BCUT2D eigenvalue weighted by molar-refractivity contribution is 7.17. The predicted octanol–water partition coefficient (Wildman–Crippen LogP) is 4.66. The summed E-state index contributed by atoms with van der Waals surface area (Å²) in [5.41, 5.74) is 3.36. The fourth-order valence-electron chi connectivity index (χ4n) is 4.13. The molecule has 0 radical (unpaired) electrons. The topological polar surface area (TPSA) is 72.3 Å². The first-order valence-corrected chi connectivity index (χ1v) is 12.6. The van der Waals surface area contributed by atoms with Crippen molar-refractivity contribution >= 4 is 22.4 Å². The average Bonchev–Trinajstić information content (AvgIpc) is 3.44. The molecule has 7 nitrogen and oxygen atoms in total. The van der Waals surface area contributed by atoms with E-state index in [1.54, 1.807) is 11.3 Å². The molecule has 1 saturated heterocycles. The van der Waals surface area contributed by atoms with Gasteiger partial charge in [-0.1, -0.05) is 36.8 Å². The second kappa shape index (κ2) is 10.8. The van der Waals surface area contributed by atoms with Crippen LogP contribution in [0, 0.1) is 19.8 Å². The molecule has 0 unspecified atom stereocenters. The highest BCUT2D eigenvalue weighted by Crippen LogP contribution is 2.29. The highest BCUT2D eigenvalue weighted by Gasteiger charge is 2.28. The summed E-state index contributed by atoms with van der Waals surface area (Å²) in [6, 6.07) is 12.2. The van der Waals surface area contributed by atoms with Gasteiger partial charge >= 0.3 is 0 Å². The van der Waals surface area contributed by atoms with Gasteiger partial charge in [0, 0.05) is 31.0 Å². The zero-order valence-electron chi connectivity index (χ0n) is 19.7. The normalized spacial score (nSPS) is 16.1. The van der Waals surface area contributed by atoms with Crippen molar-refractivity contribution in [2.24, 2.45) is 5.92 Å². The van der Waals surface area contributed by atoms with Crippen LogP contribution < -0.4 is 15.0 Å². The van der Waals surface area contributed by atoms with E-state index in [1.165, 1.54) is 0 Å². The van der Waals surface area contributed by atoms with Crippen molar-refractivity contribution in [3.63, 3.8) is 0 Å². The van der Waals surface area contributed by atoms with E-state index in [2.05, 4.69) is 57.9 Å². The second-order valence-corrected chi connectivity index (χ2v) is 9.60. The zero-order chi connectivity index (χ0) is 23.2. The molecule has 0 spiro atoms. The summed E-state index contributed by atoms with van der Waals surface area (Å²) >= 11 is 1.58. The molecule has 1 fully saturated rings. The van der Waals surface area contributed by atoms with E-state index in [9.17, 15) is 4.79 Å². The lowest BCUT2D eigenvalue weighted by Gasteiger charge is -2.31. The Morgan fingerprint density at radius 1 is 1.12 bits per heavy atom. The first-order chi connectivity index (χ1) is 16.0. The summed E-state index contributed by atoms with van der Waals surface area (Å²) in [5.74, 6) is 0.936. The number of carbonyl (C=O) groups is 1. The van der Waals surface area contributed by atoms with Crippen molar-refractivity contribution in [3.8, 4) is 10.9 Å². The fourth-order valence-corrected chi connectivity index (χ4v) is 5.13. The number of unbranched alkanes of at least 4 members (excludes halogenated alkanes) is 1. The number of benzene rings is 1. The molecular weight excluding hydrogens is 434 g/mol. The van der Waals surface area contributed by atoms with Crippen molar-refractivity contribution in [1.29, 1.82) is 0 Å². The molecule has 176 valence electrons. The van der Waals surface area contributed by atoms with Crippen molar-refractivity contribution in [2.75, 3.05) is 24.6 Å². The zero-order valence-corrected chi connectivity index (χ0v) is 20.5. The van der Waals surface area contributed by atoms with Crippen LogP contribution in [0.3, 0.4) is 0 Å². The largest absolute Gasteiger partial charge is 0.494 e. The molecule has 1 aliphatic rings. The minimum atomic E-state index is -0.0437. The molecule has 3 heterocycles. The SMILES string of the molecule is CCCCOc1ccc(CNC(=O)[C@@H]2CCCN(c3nnc(-n4c(C)ccc4C)s3)C2)cc1. The number of piperidine rings is 1. The lowest BCUT2D eigenvalue weighted by molar-refractivity contribution is -0.125. The fraction of sp³-hybridized carbons (Fsp3) is 0.480. The molecule has 0 saturated carbocycles. The number of aryl methyl sites for hydroxylation is 2. The third-order valence-electron chi connectivity index (χ3n) is 6.09. The van der Waals surface area contributed by atoms with E-state index in [0.29, 0.717) is 13.1 Å². The lowest BCUT2D eigenvalue weighted by atomic mass is 9.97. The Labute approximate surface area is 199 Å². The van der Waals surface area contributed by atoms with E-state index < -0.39 is 0 Å².